The predicted octanol–water partition coefficient (Wildman–Crippen LogP) is 3.26. The Balaban J connectivity index is 1.96. The van der Waals surface area contributed by atoms with Crippen molar-refractivity contribution in [3.05, 3.63) is 29.8 Å². The van der Waals surface area contributed by atoms with Gasteiger partial charge in [-0.05, 0) is 31.0 Å². The van der Waals surface area contributed by atoms with E-state index in [1.165, 1.54) is 12.1 Å². The molecule has 0 N–H and O–H groups in total. The van der Waals surface area contributed by atoms with E-state index in [0.29, 0.717) is 13.2 Å². The molecule has 1 heterocycles. The Hall–Kier alpha value is -1.23. The molecule has 1 fully saturated rings. The van der Waals surface area contributed by atoms with Crippen molar-refractivity contribution in [3.8, 4) is 5.75 Å². The van der Waals surface area contributed by atoms with Gasteiger partial charge in [0, 0.05) is 6.61 Å². The summed E-state index contributed by atoms with van der Waals surface area (Å²) in [6.07, 6.45) is -2.44. The molecule has 0 saturated carbocycles. The lowest BCUT2D eigenvalue weighted by Crippen LogP contribution is -2.16. The van der Waals surface area contributed by atoms with Crippen molar-refractivity contribution in [1.82, 2.24) is 0 Å². The van der Waals surface area contributed by atoms with E-state index in [4.69, 9.17) is 9.47 Å². The van der Waals surface area contributed by atoms with Crippen LogP contribution in [0.3, 0.4) is 0 Å². The van der Waals surface area contributed by atoms with E-state index in [-0.39, 0.29) is 11.9 Å². The summed E-state index contributed by atoms with van der Waals surface area (Å²) < 4.78 is 47.9. The molecule has 0 amide bonds. The topological polar surface area (TPSA) is 18.5 Å². The van der Waals surface area contributed by atoms with Gasteiger partial charge in [-0.15, -0.1) is 0 Å². The highest BCUT2D eigenvalue weighted by Crippen LogP contribution is 2.31. The molecule has 1 aliphatic rings. The van der Waals surface area contributed by atoms with Crippen molar-refractivity contribution >= 4 is 0 Å². The zero-order valence-corrected chi connectivity index (χ0v) is 9.17. The third-order valence-corrected chi connectivity index (χ3v) is 2.62. The van der Waals surface area contributed by atoms with E-state index in [1.807, 2.05) is 0 Å². The van der Waals surface area contributed by atoms with Crippen LogP contribution in [0.4, 0.5) is 13.2 Å². The normalized spacial score (nSPS) is 20.5. The maximum absolute atomic E-state index is 12.4. The van der Waals surface area contributed by atoms with Crippen LogP contribution in [0.1, 0.15) is 18.4 Å². The summed E-state index contributed by atoms with van der Waals surface area (Å²) in [4.78, 5) is 0. The molecule has 0 aliphatic carbocycles. The first kappa shape index (κ1) is 12.2. The molecule has 2 nitrogen and oxygen atoms in total. The minimum atomic E-state index is -4.33. The van der Waals surface area contributed by atoms with Gasteiger partial charge in [0.15, 0.2) is 0 Å². The van der Waals surface area contributed by atoms with Gasteiger partial charge in [0.2, 0.25) is 0 Å². The van der Waals surface area contributed by atoms with E-state index in [1.54, 1.807) is 0 Å². The van der Waals surface area contributed by atoms with Crippen LogP contribution >= 0.6 is 0 Å². The molecular weight excluding hydrogens is 233 g/mol. The summed E-state index contributed by atoms with van der Waals surface area (Å²) in [5, 5.41) is 0. The first-order chi connectivity index (χ1) is 8.05. The monoisotopic (exact) mass is 246 g/mol. The van der Waals surface area contributed by atoms with Gasteiger partial charge in [-0.1, -0.05) is 6.07 Å². The summed E-state index contributed by atoms with van der Waals surface area (Å²) in [7, 11) is 0. The lowest BCUT2D eigenvalue weighted by atomic mass is 10.2. The van der Waals surface area contributed by atoms with Crippen LogP contribution < -0.4 is 4.74 Å². The Kier molecular flexibility index (Phi) is 3.57. The van der Waals surface area contributed by atoms with E-state index in [0.717, 1.165) is 25.0 Å². The Bertz CT molecular complexity index is 370. The summed E-state index contributed by atoms with van der Waals surface area (Å²) in [5.41, 5.74) is -0.692. The van der Waals surface area contributed by atoms with Crippen molar-refractivity contribution in [1.29, 1.82) is 0 Å². The maximum Gasteiger partial charge on any atom is 0.416 e. The van der Waals surface area contributed by atoms with E-state index < -0.39 is 11.7 Å². The lowest BCUT2D eigenvalue weighted by Gasteiger charge is -2.13. The lowest BCUT2D eigenvalue weighted by molar-refractivity contribution is -0.137. The second kappa shape index (κ2) is 4.96. The van der Waals surface area contributed by atoms with Gasteiger partial charge in [-0.25, -0.2) is 0 Å². The Morgan fingerprint density at radius 1 is 1.35 bits per heavy atom. The average Bonchev–Trinajstić information content (AvgIpc) is 2.78. The van der Waals surface area contributed by atoms with E-state index in [2.05, 4.69) is 0 Å². The van der Waals surface area contributed by atoms with Crippen LogP contribution in [-0.2, 0) is 10.9 Å². The molecule has 0 aromatic heterocycles. The summed E-state index contributed by atoms with van der Waals surface area (Å²) in [6.45, 7) is 1.01. The first-order valence-corrected chi connectivity index (χ1v) is 5.47. The number of benzene rings is 1. The van der Waals surface area contributed by atoms with Gasteiger partial charge in [-0.2, -0.15) is 13.2 Å². The molecule has 1 atom stereocenters. The van der Waals surface area contributed by atoms with Crippen molar-refractivity contribution in [2.24, 2.45) is 0 Å². The number of hydrogen-bond acceptors (Lipinski definition) is 2. The van der Waals surface area contributed by atoms with Gasteiger partial charge in [0.05, 0.1) is 11.7 Å². The fourth-order valence-electron chi connectivity index (χ4n) is 1.73. The molecule has 0 bridgehead atoms. The Labute approximate surface area is 97.3 Å². The molecule has 0 spiro atoms. The molecule has 1 aliphatic heterocycles. The first-order valence-electron chi connectivity index (χ1n) is 5.47. The SMILES string of the molecule is FC(F)(F)c1cccc(OCC2CCCO2)c1. The van der Waals surface area contributed by atoms with Crippen molar-refractivity contribution in [3.63, 3.8) is 0 Å². The number of hydrogen-bond donors (Lipinski definition) is 0. The third kappa shape index (κ3) is 3.36. The molecule has 2 rings (SSSR count). The van der Waals surface area contributed by atoms with Gasteiger partial charge < -0.3 is 9.47 Å². The largest absolute Gasteiger partial charge is 0.491 e. The zero-order valence-electron chi connectivity index (χ0n) is 9.17. The smallest absolute Gasteiger partial charge is 0.416 e. The molecule has 17 heavy (non-hydrogen) atoms. The highest BCUT2D eigenvalue weighted by atomic mass is 19.4. The highest BCUT2D eigenvalue weighted by Gasteiger charge is 2.30. The van der Waals surface area contributed by atoms with Crippen LogP contribution in [0.5, 0.6) is 5.75 Å². The minimum Gasteiger partial charge on any atom is -0.491 e. The number of rotatable bonds is 3. The van der Waals surface area contributed by atoms with Crippen LogP contribution in [0, 0.1) is 0 Å². The summed E-state index contributed by atoms with van der Waals surface area (Å²) >= 11 is 0. The van der Waals surface area contributed by atoms with Crippen molar-refractivity contribution < 1.29 is 22.6 Å². The van der Waals surface area contributed by atoms with E-state index >= 15 is 0 Å². The van der Waals surface area contributed by atoms with E-state index in [9.17, 15) is 13.2 Å². The van der Waals surface area contributed by atoms with Gasteiger partial charge in [-0.3, -0.25) is 0 Å². The number of halogens is 3. The Morgan fingerprint density at radius 2 is 2.18 bits per heavy atom. The second-order valence-corrected chi connectivity index (χ2v) is 3.97. The molecule has 5 heteroatoms. The average molecular weight is 246 g/mol. The fourth-order valence-corrected chi connectivity index (χ4v) is 1.73. The Morgan fingerprint density at radius 3 is 2.82 bits per heavy atom. The molecule has 1 unspecified atom stereocenters. The van der Waals surface area contributed by atoms with Crippen LogP contribution in [0.15, 0.2) is 24.3 Å². The van der Waals surface area contributed by atoms with Crippen molar-refractivity contribution in [2.75, 3.05) is 13.2 Å². The van der Waals surface area contributed by atoms with Crippen LogP contribution in [0.25, 0.3) is 0 Å². The molecule has 1 aromatic carbocycles. The quantitative estimate of drug-likeness (QED) is 0.815. The van der Waals surface area contributed by atoms with Crippen molar-refractivity contribution in [2.45, 2.75) is 25.1 Å². The molecule has 0 radical (unpaired) electrons. The van der Waals surface area contributed by atoms with Gasteiger partial charge >= 0.3 is 6.18 Å². The van der Waals surface area contributed by atoms with Crippen LogP contribution in [0.2, 0.25) is 0 Å². The third-order valence-electron chi connectivity index (χ3n) is 2.62. The zero-order chi connectivity index (χ0) is 12.3. The molecule has 94 valence electrons. The maximum atomic E-state index is 12.4. The predicted molar refractivity (Wildman–Crippen MR) is 55.9 cm³/mol. The summed E-state index contributed by atoms with van der Waals surface area (Å²) in [5.74, 6) is 0.232. The molecule has 1 aromatic rings. The van der Waals surface area contributed by atoms with Gasteiger partial charge in [0.1, 0.15) is 12.4 Å². The summed E-state index contributed by atoms with van der Waals surface area (Å²) in [6, 6.07) is 4.89. The minimum absolute atomic E-state index is 0.00421. The van der Waals surface area contributed by atoms with Gasteiger partial charge in [0.25, 0.3) is 0 Å². The molecular formula is C12H13F3O2. The van der Waals surface area contributed by atoms with Crippen LogP contribution in [-0.4, -0.2) is 19.3 Å². The number of alkyl halides is 3. The standard InChI is InChI=1S/C12H13F3O2/c13-12(14,15)9-3-1-4-10(7-9)17-8-11-5-2-6-16-11/h1,3-4,7,11H,2,5-6,8H2. The highest BCUT2D eigenvalue weighted by molar-refractivity contribution is 5.30. The number of ether oxygens (including phenoxy) is 2. The molecule has 1 saturated heterocycles. The second-order valence-electron chi connectivity index (χ2n) is 3.97. The fraction of sp³-hybridized carbons (Fsp3) is 0.500.